The van der Waals surface area contributed by atoms with Crippen LogP contribution in [0.25, 0.3) is 11.1 Å². The summed E-state index contributed by atoms with van der Waals surface area (Å²) >= 11 is 0. The van der Waals surface area contributed by atoms with E-state index in [4.69, 9.17) is 18.9 Å². The van der Waals surface area contributed by atoms with Gasteiger partial charge < -0.3 is 29.4 Å². The van der Waals surface area contributed by atoms with Crippen molar-refractivity contribution in [2.75, 3.05) is 33.7 Å². The Hall–Kier alpha value is -3.50. The summed E-state index contributed by atoms with van der Waals surface area (Å²) in [4.78, 5) is 25.1. The zero-order valence-corrected chi connectivity index (χ0v) is 22.2. The smallest absolute Gasteiger partial charge is 0.407 e. The molecule has 0 aliphatic heterocycles. The van der Waals surface area contributed by atoms with E-state index < -0.39 is 18.1 Å². The summed E-state index contributed by atoms with van der Waals surface area (Å²) in [6.07, 6.45) is -0.778. The molecule has 1 aliphatic rings. The number of fused-ring (bicyclic) bond motifs is 3. The van der Waals surface area contributed by atoms with Crippen LogP contribution < -0.4 is 19.5 Å². The number of carboxylic acid groups (broad SMARTS) is 1. The van der Waals surface area contributed by atoms with E-state index in [0.29, 0.717) is 22.1 Å². The second-order valence-corrected chi connectivity index (χ2v) is 10.4. The first-order chi connectivity index (χ1) is 18.0. The molecule has 1 atom stereocenters. The molecule has 0 saturated carbocycles. The Labute approximate surface area is 223 Å². The molecule has 0 fully saturated rings. The third-order valence-corrected chi connectivity index (χ3v) is 8.40. The molecule has 194 valence electrons. The molecule has 0 heterocycles. The number of methoxy groups -OCH3 is 3. The minimum atomic E-state index is -1.16. The molecule has 0 aromatic heterocycles. The van der Waals surface area contributed by atoms with E-state index in [1.54, 1.807) is 19.2 Å². The molecule has 1 aliphatic carbocycles. The molecule has 37 heavy (non-hydrogen) atoms. The fraction of sp³-hybridized carbons (Fsp3) is 0.259. The second kappa shape index (κ2) is 12.2. The number of rotatable bonds is 11. The van der Waals surface area contributed by atoms with Crippen molar-refractivity contribution >= 4 is 33.7 Å². The molecule has 0 saturated heterocycles. The second-order valence-electron chi connectivity index (χ2n) is 8.09. The zero-order valence-electron chi connectivity index (χ0n) is 20.6. The average molecular weight is 542 g/mol. The third-order valence-electron chi connectivity index (χ3n) is 5.98. The predicted octanol–water partition coefficient (Wildman–Crippen LogP) is 5.44. The third kappa shape index (κ3) is 5.91. The van der Waals surface area contributed by atoms with Crippen LogP contribution in [0.3, 0.4) is 0 Å². The van der Waals surface area contributed by atoms with Crippen molar-refractivity contribution in [1.82, 2.24) is 5.32 Å². The van der Waals surface area contributed by atoms with Crippen molar-refractivity contribution in [3.05, 3.63) is 71.8 Å². The maximum Gasteiger partial charge on any atom is 0.407 e. The van der Waals surface area contributed by atoms with E-state index in [-0.39, 0.29) is 18.3 Å². The SMILES string of the molecule is COc1cc(OC)c(SSCC(NC(=O)OCC2c3ccccc3-c3ccccc32)C(=O)O)c(OC)c1. The summed E-state index contributed by atoms with van der Waals surface area (Å²) in [5, 5.41) is 12.1. The molecule has 1 amide bonds. The van der Waals surface area contributed by atoms with Crippen LogP contribution in [-0.2, 0) is 9.53 Å². The van der Waals surface area contributed by atoms with Gasteiger partial charge in [0.1, 0.15) is 34.8 Å². The lowest BCUT2D eigenvalue weighted by Gasteiger charge is -2.18. The van der Waals surface area contributed by atoms with Gasteiger partial charge in [-0.3, -0.25) is 0 Å². The normalized spacial score (nSPS) is 12.7. The number of hydrogen-bond donors (Lipinski definition) is 2. The van der Waals surface area contributed by atoms with Gasteiger partial charge in [0, 0.05) is 23.8 Å². The Kier molecular flexibility index (Phi) is 8.73. The number of ether oxygens (including phenoxy) is 4. The zero-order chi connectivity index (χ0) is 26.4. The van der Waals surface area contributed by atoms with Gasteiger partial charge in [-0.1, -0.05) is 59.3 Å². The minimum Gasteiger partial charge on any atom is -0.496 e. The van der Waals surface area contributed by atoms with E-state index in [2.05, 4.69) is 17.4 Å². The molecular formula is C27H27NO7S2. The van der Waals surface area contributed by atoms with Gasteiger partial charge in [-0.15, -0.1) is 0 Å². The van der Waals surface area contributed by atoms with E-state index in [1.807, 2.05) is 36.4 Å². The monoisotopic (exact) mass is 541 g/mol. The molecule has 2 N–H and O–H groups in total. The molecule has 10 heteroatoms. The Morgan fingerprint density at radius 1 is 0.919 bits per heavy atom. The minimum absolute atomic E-state index is 0.0858. The highest BCUT2D eigenvalue weighted by Crippen LogP contribution is 2.46. The van der Waals surface area contributed by atoms with Crippen LogP contribution in [-0.4, -0.2) is 56.9 Å². The van der Waals surface area contributed by atoms with Crippen LogP contribution in [0.15, 0.2) is 65.6 Å². The van der Waals surface area contributed by atoms with Crippen LogP contribution in [0.1, 0.15) is 17.0 Å². The van der Waals surface area contributed by atoms with E-state index in [9.17, 15) is 14.7 Å². The number of hydrogen-bond acceptors (Lipinski definition) is 8. The van der Waals surface area contributed by atoms with Crippen molar-refractivity contribution in [2.45, 2.75) is 16.9 Å². The number of alkyl carbamates (subject to hydrolysis) is 1. The van der Waals surface area contributed by atoms with Crippen molar-refractivity contribution in [1.29, 1.82) is 0 Å². The first kappa shape index (κ1) is 26.6. The summed E-state index contributed by atoms with van der Waals surface area (Å²) < 4.78 is 21.6. The van der Waals surface area contributed by atoms with E-state index in [1.165, 1.54) is 35.8 Å². The van der Waals surface area contributed by atoms with Gasteiger partial charge in [-0.2, -0.15) is 0 Å². The highest BCUT2D eigenvalue weighted by Gasteiger charge is 2.30. The lowest BCUT2D eigenvalue weighted by molar-refractivity contribution is -0.138. The molecule has 3 aromatic carbocycles. The summed E-state index contributed by atoms with van der Waals surface area (Å²) in [7, 11) is 7.14. The summed E-state index contributed by atoms with van der Waals surface area (Å²) in [5.74, 6) is 0.456. The van der Waals surface area contributed by atoms with Crippen molar-refractivity contribution in [3.8, 4) is 28.4 Å². The highest BCUT2D eigenvalue weighted by molar-refractivity contribution is 8.76. The van der Waals surface area contributed by atoms with Crippen LogP contribution in [0, 0.1) is 0 Å². The largest absolute Gasteiger partial charge is 0.496 e. The van der Waals surface area contributed by atoms with Crippen molar-refractivity contribution in [3.63, 3.8) is 0 Å². The van der Waals surface area contributed by atoms with Gasteiger partial charge >= 0.3 is 12.1 Å². The maximum absolute atomic E-state index is 12.6. The Bertz CT molecular complexity index is 1210. The topological polar surface area (TPSA) is 103 Å². The van der Waals surface area contributed by atoms with Crippen LogP contribution >= 0.6 is 21.6 Å². The standard InChI is InChI=1S/C27H27NO7S2/c1-32-16-12-23(33-2)25(24(13-16)34-3)37-36-15-22(26(29)30)28-27(31)35-14-21-19-10-6-4-8-17(19)18-9-5-7-11-20(18)21/h4-13,21-22H,14-15H2,1-3H3,(H,28,31)(H,29,30). The number of carbonyl (C=O) groups is 2. The van der Waals surface area contributed by atoms with Crippen molar-refractivity contribution in [2.24, 2.45) is 0 Å². The number of carbonyl (C=O) groups excluding carboxylic acids is 1. The summed E-state index contributed by atoms with van der Waals surface area (Å²) in [6, 6.07) is 18.3. The number of carboxylic acids is 1. The molecule has 0 spiro atoms. The van der Waals surface area contributed by atoms with Crippen LogP contribution in [0.2, 0.25) is 0 Å². The Balaban J connectivity index is 1.36. The van der Waals surface area contributed by atoms with Crippen LogP contribution in [0.5, 0.6) is 17.2 Å². The molecule has 4 rings (SSSR count). The van der Waals surface area contributed by atoms with Gasteiger partial charge in [0.15, 0.2) is 0 Å². The van der Waals surface area contributed by atoms with Gasteiger partial charge in [-0.05, 0) is 33.0 Å². The number of nitrogens with one attached hydrogen (secondary N) is 1. The molecule has 0 radical (unpaired) electrons. The lowest BCUT2D eigenvalue weighted by Crippen LogP contribution is -2.43. The fourth-order valence-corrected chi connectivity index (χ4v) is 6.63. The van der Waals surface area contributed by atoms with Gasteiger partial charge in [0.05, 0.1) is 21.3 Å². The fourth-order valence-electron chi connectivity index (χ4n) is 4.17. The van der Waals surface area contributed by atoms with Gasteiger partial charge in [-0.25, -0.2) is 9.59 Å². The van der Waals surface area contributed by atoms with Crippen LogP contribution in [0.4, 0.5) is 4.79 Å². The first-order valence-corrected chi connectivity index (χ1v) is 13.7. The highest BCUT2D eigenvalue weighted by atomic mass is 33.1. The number of amides is 1. The van der Waals surface area contributed by atoms with Gasteiger partial charge in [0.25, 0.3) is 0 Å². The quantitative estimate of drug-likeness (QED) is 0.307. The average Bonchev–Trinajstić information content (AvgIpc) is 3.24. The molecule has 0 bridgehead atoms. The molecule has 1 unspecified atom stereocenters. The van der Waals surface area contributed by atoms with Gasteiger partial charge in [0.2, 0.25) is 0 Å². The first-order valence-electron chi connectivity index (χ1n) is 11.4. The summed E-state index contributed by atoms with van der Waals surface area (Å²) in [6.45, 7) is 0.105. The lowest BCUT2D eigenvalue weighted by atomic mass is 9.98. The molecular weight excluding hydrogens is 514 g/mol. The molecule has 3 aromatic rings. The van der Waals surface area contributed by atoms with E-state index >= 15 is 0 Å². The predicted molar refractivity (Wildman–Crippen MR) is 144 cm³/mol. The number of aliphatic carboxylic acids is 1. The number of benzene rings is 3. The maximum atomic E-state index is 12.6. The Morgan fingerprint density at radius 2 is 1.49 bits per heavy atom. The molecule has 8 nitrogen and oxygen atoms in total. The van der Waals surface area contributed by atoms with E-state index in [0.717, 1.165) is 22.3 Å². The Morgan fingerprint density at radius 3 is 2.00 bits per heavy atom. The van der Waals surface area contributed by atoms with Crippen molar-refractivity contribution < 1.29 is 33.6 Å². The summed E-state index contributed by atoms with van der Waals surface area (Å²) in [5.41, 5.74) is 4.41.